The van der Waals surface area contributed by atoms with Crippen molar-refractivity contribution >= 4 is 60.2 Å². The SMILES string of the molecule is O=C(Nc1ccccc1)c1nc(-c2cccnc2)sc1-c1ccccc1.c1ccc(CCC2=NC(c3cccnc3)N=C2c2ccccc2)cc1.c1ccc(CCc2[se]c(-c3cccnc3)nc2-c2ccccc2)cc1.c1ccc(CCc2oc(-c3cccnc3)nc2-c2ccccc2)cc1.c1ccc(CCc2sc(-c3cccnc3)nc2-c2ccccc2)cc1. The number of anilines is 1. The van der Waals surface area contributed by atoms with Crippen molar-refractivity contribution in [3.8, 4) is 86.9 Å². The van der Waals surface area contributed by atoms with Gasteiger partial charge in [0, 0.05) is 99.9 Å². The monoisotopic (exact) mass is 1740 g/mol. The van der Waals surface area contributed by atoms with E-state index in [2.05, 4.69) is 235 Å². The fourth-order valence-electron chi connectivity index (χ4n) is 14.2. The van der Waals surface area contributed by atoms with E-state index < -0.39 is 0 Å². The second kappa shape index (κ2) is 44.3. The molecule has 10 aromatic carbocycles. The number of pyridine rings is 5. The summed E-state index contributed by atoms with van der Waals surface area (Å²) in [5.74, 6) is 1.31. The molecule has 1 aliphatic rings. The van der Waals surface area contributed by atoms with Gasteiger partial charge in [-0.15, -0.1) is 22.7 Å². The molecule has 0 aliphatic carbocycles. The summed E-state index contributed by atoms with van der Waals surface area (Å²) in [4.78, 5) is 65.2. The molecule has 10 heterocycles. The maximum atomic E-state index is 12.9. The molecule has 0 fully saturated rings. The van der Waals surface area contributed by atoms with E-state index >= 15 is 0 Å². The number of aliphatic imine (C=N–C) groups is 2. The molecule has 1 N–H and O–H groups in total. The largest absolute Gasteiger partial charge is 0.440 e. The van der Waals surface area contributed by atoms with Gasteiger partial charge in [-0.05, 0) is 109 Å². The van der Waals surface area contributed by atoms with Gasteiger partial charge < -0.3 is 9.73 Å². The van der Waals surface area contributed by atoms with Gasteiger partial charge in [0.15, 0.2) is 6.17 Å². The Morgan fingerprint density at radius 1 is 0.325 bits per heavy atom. The topological polar surface area (TPSA) is 183 Å². The van der Waals surface area contributed by atoms with Gasteiger partial charge in [-0.2, -0.15) is 0 Å². The molecule has 9 aromatic heterocycles. The van der Waals surface area contributed by atoms with E-state index in [-0.39, 0.29) is 26.6 Å². The molecule has 0 saturated heterocycles. The zero-order valence-corrected chi connectivity index (χ0v) is 72.5. The standard InChI is InChI=1S/C22H19N3.C22H18N2O.C22H18N2S.C22H18N2Se.C21H15N3OS/c1-3-8-17(9-4-1)13-14-20-21(18-10-5-2-6-11-18)25-22(24-20)19-12-7-15-23-16-19;3*1-3-8-17(9-4-1)13-14-20-21(18-10-5-2-6-11-18)24-22(25-20)19-12-7-15-23-16-19;25-20(23-17-11-5-2-6-12-17)18-19(15-8-3-1-4-9-15)26-21(24-18)16-10-7-13-22-14-16/h1-12,15-16,22H,13-14H2;3*1-12,15-16H,13-14H2;1-14H,(H,23,25). The first kappa shape index (κ1) is 84.8. The summed E-state index contributed by atoms with van der Waals surface area (Å²) in [5, 5.41) is 4.73. The van der Waals surface area contributed by atoms with Crippen molar-refractivity contribution < 1.29 is 9.21 Å². The summed E-state index contributed by atoms with van der Waals surface area (Å²) in [6.07, 6.45) is 25.6. The number of amides is 1. The molecule has 17 heteroatoms. The number of para-hydroxylation sites is 1. The maximum absolute atomic E-state index is 12.9. The van der Waals surface area contributed by atoms with Gasteiger partial charge in [-0.3, -0.25) is 34.7 Å². The van der Waals surface area contributed by atoms with Crippen LogP contribution < -0.4 is 5.32 Å². The first-order valence-electron chi connectivity index (χ1n) is 41.9. The number of nitrogens with zero attached hydrogens (tertiary/aromatic N) is 11. The van der Waals surface area contributed by atoms with E-state index in [9.17, 15) is 4.79 Å². The Hall–Kier alpha value is -14.8. The molecule has 0 saturated carbocycles. The van der Waals surface area contributed by atoms with Crippen molar-refractivity contribution in [1.29, 1.82) is 0 Å². The average molecular weight is 1740 g/mol. The predicted octanol–water partition coefficient (Wildman–Crippen LogP) is 25.3. The van der Waals surface area contributed by atoms with Gasteiger partial charge in [0.1, 0.15) is 27.2 Å². The van der Waals surface area contributed by atoms with Gasteiger partial charge in [0.25, 0.3) is 5.91 Å². The number of aryl methyl sites for hydroxylation is 7. The van der Waals surface area contributed by atoms with Crippen LogP contribution in [0.3, 0.4) is 0 Å². The molecule has 1 amide bonds. The van der Waals surface area contributed by atoms with Crippen LogP contribution in [0, 0.1) is 0 Å². The Bertz CT molecular complexity index is 6190. The first-order valence-corrected chi connectivity index (χ1v) is 45.2. The van der Waals surface area contributed by atoms with Crippen molar-refractivity contribution in [3.63, 3.8) is 0 Å². The van der Waals surface area contributed by atoms with E-state index in [1.807, 2.05) is 189 Å². The molecule has 1 unspecified atom stereocenters. The second-order valence-electron chi connectivity index (χ2n) is 29.3. The molecular formula is C109H88N12O2S2Se. The number of carbonyl (C=O) groups is 1. The van der Waals surface area contributed by atoms with E-state index in [4.69, 9.17) is 29.4 Å². The fourth-order valence-corrected chi connectivity index (χ4v) is 18.6. The van der Waals surface area contributed by atoms with Gasteiger partial charge in [0.05, 0.1) is 27.6 Å². The number of rotatable bonds is 24. The minimum atomic E-state index is -0.221. The van der Waals surface area contributed by atoms with Crippen LogP contribution in [0.1, 0.15) is 71.5 Å². The van der Waals surface area contributed by atoms with Crippen molar-refractivity contribution in [2.75, 3.05) is 5.32 Å². The maximum Gasteiger partial charge on any atom is 0.228 e. The van der Waals surface area contributed by atoms with E-state index in [0.717, 1.165) is 151 Å². The van der Waals surface area contributed by atoms with E-state index in [1.165, 1.54) is 58.6 Å². The van der Waals surface area contributed by atoms with Crippen LogP contribution in [0.4, 0.5) is 5.69 Å². The van der Waals surface area contributed by atoms with Crippen molar-refractivity contribution in [2.24, 2.45) is 9.98 Å². The molecule has 20 rings (SSSR count). The zero-order valence-electron chi connectivity index (χ0n) is 69.1. The number of nitrogens with one attached hydrogen (secondary N) is 1. The number of thiazole rings is 2. The third-order valence-electron chi connectivity index (χ3n) is 20.6. The van der Waals surface area contributed by atoms with Crippen LogP contribution in [0.15, 0.2) is 440 Å². The number of hydrogen-bond donors (Lipinski definition) is 1. The molecule has 1 atom stereocenters. The first-order chi connectivity index (χ1) is 62.4. The van der Waals surface area contributed by atoms with Crippen LogP contribution in [0.5, 0.6) is 0 Å². The molecule has 0 radical (unpaired) electrons. The molecule has 0 bridgehead atoms. The summed E-state index contributed by atoms with van der Waals surface area (Å²) < 4.78 is 8.78. The number of carbonyl (C=O) groups excluding carboxylic acids is 1. The molecule has 14 nitrogen and oxygen atoms in total. The third kappa shape index (κ3) is 23.5. The molecule has 614 valence electrons. The molecule has 19 aromatic rings. The number of hydrogen-bond acceptors (Lipinski definition) is 15. The number of benzene rings is 10. The Labute approximate surface area is 748 Å². The normalized spacial score (nSPS) is 11.8. The van der Waals surface area contributed by atoms with Crippen LogP contribution >= 0.6 is 22.7 Å². The van der Waals surface area contributed by atoms with E-state index in [1.54, 1.807) is 48.5 Å². The fraction of sp³-hybridized carbons (Fsp3) is 0.0826. The third-order valence-corrected chi connectivity index (χ3v) is 25.3. The van der Waals surface area contributed by atoms with Crippen molar-refractivity contribution in [1.82, 2.24) is 44.9 Å². The Morgan fingerprint density at radius 3 is 1.22 bits per heavy atom. The predicted molar refractivity (Wildman–Crippen MR) is 515 cm³/mol. The summed E-state index contributed by atoms with van der Waals surface area (Å²) >= 11 is 3.52. The van der Waals surface area contributed by atoms with Crippen LogP contribution in [0.25, 0.3) is 86.9 Å². The summed E-state index contributed by atoms with van der Waals surface area (Å²) in [5.41, 5.74) is 22.4. The van der Waals surface area contributed by atoms with Crippen LogP contribution in [-0.2, 0) is 44.9 Å². The quantitative estimate of drug-likeness (QED) is 0.0568. The van der Waals surface area contributed by atoms with Crippen LogP contribution in [0.2, 0.25) is 0 Å². The Morgan fingerprint density at radius 2 is 0.730 bits per heavy atom. The van der Waals surface area contributed by atoms with Crippen molar-refractivity contribution in [3.05, 3.63) is 480 Å². The Kier molecular flexibility index (Phi) is 29.8. The second-order valence-corrected chi connectivity index (χ2v) is 33.7. The molecule has 1 aliphatic heterocycles. The Balaban J connectivity index is 0.000000116. The average Bonchev–Trinajstić information content (AvgIpc) is 1.69. The van der Waals surface area contributed by atoms with Crippen LogP contribution in [-0.4, -0.2) is 76.7 Å². The molecule has 0 spiro atoms. The van der Waals surface area contributed by atoms with Gasteiger partial charge in [-0.1, -0.05) is 237 Å². The van der Waals surface area contributed by atoms with Gasteiger partial charge in [0.2, 0.25) is 5.89 Å². The molecule has 126 heavy (non-hydrogen) atoms. The molecular weight excluding hydrogens is 1650 g/mol. The summed E-state index contributed by atoms with van der Waals surface area (Å²) in [6, 6.07) is 123. The van der Waals surface area contributed by atoms with Gasteiger partial charge in [-0.25, -0.2) is 15.0 Å². The summed E-state index contributed by atoms with van der Waals surface area (Å²) in [7, 11) is 0. The van der Waals surface area contributed by atoms with E-state index in [0.29, 0.717) is 11.6 Å². The minimum Gasteiger partial charge on any atom is -0.440 e. The summed E-state index contributed by atoms with van der Waals surface area (Å²) in [6.45, 7) is 0. The minimum absolute atomic E-state index is 0.185. The van der Waals surface area contributed by atoms with Crippen molar-refractivity contribution in [2.45, 2.75) is 57.5 Å². The smallest absolute Gasteiger partial charge is 0.228 e. The number of aromatic nitrogens is 9. The van der Waals surface area contributed by atoms with Gasteiger partial charge >= 0.3 is 154 Å². The zero-order chi connectivity index (χ0) is 85.4. The number of oxazole rings is 1.